The maximum absolute atomic E-state index is 11.7. The van der Waals surface area contributed by atoms with E-state index in [1.807, 2.05) is 35.2 Å². The highest BCUT2D eigenvalue weighted by molar-refractivity contribution is 5.80. The number of rotatable bonds is 5. The fraction of sp³-hybridized carbons (Fsp3) is 0.500. The molecule has 0 radical (unpaired) electrons. The minimum absolute atomic E-state index is 0.239. The molecule has 2 saturated heterocycles. The van der Waals surface area contributed by atoms with Crippen molar-refractivity contribution in [2.45, 2.75) is 44.2 Å². The van der Waals surface area contributed by atoms with Crippen LogP contribution in [0.3, 0.4) is 0 Å². The maximum Gasteiger partial charge on any atom is 0.309 e. The van der Waals surface area contributed by atoms with Gasteiger partial charge in [0.1, 0.15) is 0 Å². The van der Waals surface area contributed by atoms with Crippen LogP contribution in [0.2, 0.25) is 0 Å². The summed E-state index contributed by atoms with van der Waals surface area (Å²) in [4.78, 5) is 25.2. The lowest BCUT2D eigenvalue weighted by Gasteiger charge is -2.30. The van der Waals surface area contributed by atoms with Crippen LogP contribution >= 0.6 is 0 Å². The topological polar surface area (TPSA) is 81.9 Å². The van der Waals surface area contributed by atoms with Crippen LogP contribution in [-0.2, 0) is 25.7 Å². The van der Waals surface area contributed by atoms with Crippen LogP contribution in [0.4, 0.5) is 0 Å². The van der Waals surface area contributed by atoms with Crippen molar-refractivity contribution >= 4 is 11.9 Å². The first-order valence-electron chi connectivity index (χ1n) is 7.55. The van der Waals surface area contributed by atoms with Crippen LogP contribution in [0.25, 0.3) is 0 Å². The lowest BCUT2D eigenvalue weighted by Crippen LogP contribution is -2.49. The van der Waals surface area contributed by atoms with E-state index in [0.29, 0.717) is 6.61 Å². The Balaban J connectivity index is 1.67. The van der Waals surface area contributed by atoms with Gasteiger partial charge in [0.2, 0.25) is 12.2 Å². The first-order chi connectivity index (χ1) is 10.6. The van der Waals surface area contributed by atoms with Gasteiger partial charge in [-0.25, -0.2) is 0 Å². The maximum atomic E-state index is 11.7. The van der Waals surface area contributed by atoms with Gasteiger partial charge < -0.3 is 15.2 Å². The third kappa shape index (κ3) is 3.13. The lowest BCUT2D eigenvalue weighted by atomic mass is 10.1. The first kappa shape index (κ1) is 15.0. The highest BCUT2D eigenvalue weighted by Gasteiger charge is 2.45. The Morgan fingerprint density at radius 2 is 2.14 bits per heavy atom. The summed E-state index contributed by atoms with van der Waals surface area (Å²) in [5.74, 6) is -0.642. The molecule has 3 rings (SSSR count). The van der Waals surface area contributed by atoms with Gasteiger partial charge in [-0.15, -0.1) is 0 Å². The van der Waals surface area contributed by atoms with E-state index in [2.05, 4.69) is 0 Å². The SMILES string of the molecule is NC(=O)[C@@H]1CCCN1C1CC(=O)OC1OCc1ccccc1. The van der Waals surface area contributed by atoms with Crippen molar-refractivity contribution in [3.8, 4) is 0 Å². The number of carbonyl (C=O) groups excluding carboxylic acids is 2. The van der Waals surface area contributed by atoms with Crippen LogP contribution in [0, 0.1) is 0 Å². The Bertz CT molecular complexity index is 548. The predicted octanol–water partition coefficient (Wildman–Crippen LogP) is 0.795. The third-order valence-corrected chi connectivity index (χ3v) is 4.24. The monoisotopic (exact) mass is 304 g/mol. The van der Waals surface area contributed by atoms with Gasteiger partial charge >= 0.3 is 5.97 Å². The molecule has 0 aromatic heterocycles. The number of amides is 1. The average Bonchev–Trinajstić information content (AvgIpc) is 3.12. The summed E-state index contributed by atoms with van der Waals surface area (Å²) in [6.45, 7) is 1.10. The zero-order valence-corrected chi connectivity index (χ0v) is 12.3. The number of hydrogen-bond donors (Lipinski definition) is 1. The van der Waals surface area contributed by atoms with Gasteiger partial charge in [0.25, 0.3) is 0 Å². The summed E-state index contributed by atoms with van der Waals surface area (Å²) in [5.41, 5.74) is 6.46. The Labute approximate surface area is 129 Å². The van der Waals surface area contributed by atoms with E-state index in [1.54, 1.807) is 0 Å². The Morgan fingerprint density at radius 3 is 2.86 bits per heavy atom. The lowest BCUT2D eigenvalue weighted by molar-refractivity contribution is -0.172. The second-order valence-corrected chi connectivity index (χ2v) is 5.72. The highest BCUT2D eigenvalue weighted by atomic mass is 16.7. The molecule has 1 amide bonds. The molecule has 22 heavy (non-hydrogen) atoms. The number of nitrogens with two attached hydrogens (primary N) is 1. The van der Waals surface area contributed by atoms with E-state index >= 15 is 0 Å². The normalized spacial score (nSPS) is 28.7. The number of ether oxygens (including phenoxy) is 2. The molecule has 0 spiro atoms. The van der Waals surface area contributed by atoms with Crippen LogP contribution < -0.4 is 5.73 Å². The number of primary amides is 1. The standard InChI is InChI=1S/C16H20N2O4/c17-15(20)12-7-4-8-18(12)13-9-14(19)22-16(13)21-10-11-5-2-1-3-6-11/h1-3,5-6,12-13,16H,4,7-10H2,(H2,17,20)/t12-,13?,16?/m0/s1. The minimum atomic E-state index is -0.646. The zero-order valence-electron chi connectivity index (χ0n) is 12.3. The fourth-order valence-electron chi connectivity index (χ4n) is 3.19. The van der Waals surface area contributed by atoms with Crippen molar-refractivity contribution < 1.29 is 19.1 Å². The predicted molar refractivity (Wildman–Crippen MR) is 78.4 cm³/mol. The summed E-state index contributed by atoms with van der Waals surface area (Å²) in [6, 6.07) is 9.13. The highest BCUT2D eigenvalue weighted by Crippen LogP contribution is 2.29. The molecule has 0 bridgehead atoms. The van der Waals surface area contributed by atoms with Crippen molar-refractivity contribution in [2.24, 2.45) is 5.73 Å². The van der Waals surface area contributed by atoms with E-state index in [-0.39, 0.29) is 30.4 Å². The fourth-order valence-corrected chi connectivity index (χ4v) is 3.19. The van der Waals surface area contributed by atoms with Crippen LogP contribution in [0.5, 0.6) is 0 Å². The number of cyclic esters (lactones) is 1. The summed E-state index contributed by atoms with van der Waals surface area (Å²) < 4.78 is 11.1. The number of benzene rings is 1. The smallest absolute Gasteiger partial charge is 0.309 e. The van der Waals surface area contributed by atoms with Gasteiger partial charge in [0.15, 0.2) is 0 Å². The van der Waals surface area contributed by atoms with Gasteiger partial charge in [-0.2, -0.15) is 0 Å². The van der Waals surface area contributed by atoms with Crippen LogP contribution in [-0.4, -0.2) is 41.7 Å². The first-order valence-corrected chi connectivity index (χ1v) is 7.55. The van der Waals surface area contributed by atoms with Gasteiger partial charge in [-0.3, -0.25) is 14.5 Å². The molecule has 0 saturated carbocycles. The van der Waals surface area contributed by atoms with E-state index in [1.165, 1.54) is 0 Å². The van der Waals surface area contributed by atoms with Gasteiger partial charge in [-0.1, -0.05) is 30.3 Å². The number of nitrogens with zero attached hydrogens (tertiary/aromatic N) is 1. The zero-order chi connectivity index (χ0) is 15.5. The van der Waals surface area contributed by atoms with E-state index in [9.17, 15) is 9.59 Å². The van der Waals surface area contributed by atoms with E-state index < -0.39 is 6.29 Å². The molecule has 6 nitrogen and oxygen atoms in total. The Morgan fingerprint density at radius 1 is 1.36 bits per heavy atom. The molecule has 2 aliphatic rings. The van der Waals surface area contributed by atoms with Crippen molar-refractivity contribution in [2.75, 3.05) is 6.54 Å². The minimum Gasteiger partial charge on any atom is -0.434 e. The molecule has 118 valence electrons. The largest absolute Gasteiger partial charge is 0.434 e. The van der Waals surface area contributed by atoms with Crippen LogP contribution in [0.1, 0.15) is 24.8 Å². The van der Waals surface area contributed by atoms with Gasteiger partial charge in [0.05, 0.1) is 25.1 Å². The third-order valence-electron chi connectivity index (χ3n) is 4.24. The molecular formula is C16H20N2O4. The molecule has 3 atom stereocenters. The van der Waals surface area contributed by atoms with Crippen molar-refractivity contribution in [1.29, 1.82) is 0 Å². The summed E-state index contributed by atoms with van der Waals surface area (Å²) in [6.07, 6.45) is 1.21. The van der Waals surface area contributed by atoms with Crippen LogP contribution in [0.15, 0.2) is 30.3 Å². The Hall–Kier alpha value is -1.92. The molecule has 6 heteroatoms. The van der Waals surface area contributed by atoms with Crippen molar-refractivity contribution in [3.63, 3.8) is 0 Å². The van der Waals surface area contributed by atoms with Gasteiger partial charge in [0, 0.05) is 0 Å². The molecule has 2 aliphatic heterocycles. The number of carbonyl (C=O) groups is 2. The van der Waals surface area contributed by atoms with E-state index in [0.717, 1.165) is 24.9 Å². The molecule has 1 aromatic carbocycles. The number of likely N-dealkylation sites (tertiary alicyclic amines) is 1. The van der Waals surface area contributed by atoms with Crippen molar-refractivity contribution in [1.82, 2.24) is 4.90 Å². The Kier molecular flexibility index (Phi) is 4.40. The van der Waals surface area contributed by atoms with Gasteiger partial charge in [-0.05, 0) is 24.9 Å². The molecule has 2 heterocycles. The summed E-state index contributed by atoms with van der Waals surface area (Å²) in [5, 5.41) is 0. The summed E-state index contributed by atoms with van der Waals surface area (Å²) in [7, 11) is 0. The second-order valence-electron chi connectivity index (χ2n) is 5.72. The van der Waals surface area contributed by atoms with E-state index in [4.69, 9.17) is 15.2 Å². The quantitative estimate of drug-likeness (QED) is 0.814. The molecule has 2 N–H and O–H groups in total. The molecule has 2 fully saturated rings. The van der Waals surface area contributed by atoms with Crippen molar-refractivity contribution in [3.05, 3.63) is 35.9 Å². The average molecular weight is 304 g/mol. The number of esters is 1. The molecular weight excluding hydrogens is 284 g/mol. The molecule has 2 unspecified atom stereocenters. The summed E-state index contributed by atoms with van der Waals surface area (Å²) >= 11 is 0. The molecule has 1 aromatic rings. The molecule has 0 aliphatic carbocycles. The second kappa shape index (κ2) is 6.46. The number of hydrogen-bond acceptors (Lipinski definition) is 5.